The number of fused-ring (bicyclic) bond motifs is 3. The smallest absolute Gasteiger partial charge is 0.270 e. The van der Waals surface area contributed by atoms with Gasteiger partial charge < -0.3 is 15.5 Å². The van der Waals surface area contributed by atoms with Gasteiger partial charge in [-0.25, -0.2) is 0 Å². The number of piperazine rings is 1. The molecule has 0 unspecified atom stereocenters. The third-order valence-corrected chi connectivity index (χ3v) is 7.04. The number of aromatic nitrogens is 1. The summed E-state index contributed by atoms with van der Waals surface area (Å²) in [7, 11) is 1.96. The molecule has 3 aliphatic heterocycles. The number of likely N-dealkylation sites (N-methyl/N-ethyl adjacent to an activating group) is 1. The second-order valence-electron chi connectivity index (χ2n) is 7.84. The molecule has 2 aromatic rings. The van der Waals surface area contributed by atoms with E-state index in [1.165, 1.54) is 6.42 Å². The fourth-order valence-corrected chi connectivity index (χ4v) is 5.54. The number of anilines is 1. The zero-order chi connectivity index (χ0) is 18.5. The molecule has 2 aromatic heterocycles. The lowest BCUT2D eigenvalue weighted by atomic mass is 9.95. The third-order valence-electron chi connectivity index (χ3n) is 5.92. The van der Waals surface area contributed by atoms with E-state index in [4.69, 9.17) is 0 Å². The van der Waals surface area contributed by atoms with Gasteiger partial charge in [-0.2, -0.15) is 0 Å². The van der Waals surface area contributed by atoms with E-state index in [-0.39, 0.29) is 17.9 Å². The van der Waals surface area contributed by atoms with Crippen LogP contribution in [0, 0.1) is 0 Å². The van der Waals surface area contributed by atoms with Crippen LogP contribution in [0.2, 0.25) is 0 Å². The fraction of sp³-hybridized carbons (Fsp3) is 0.526. The molecule has 0 spiro atoms. The normalized spacial score (nSPS) is 28.3. The Morgan fingerprint density at radius 1 is 1.33 bits per heavy atom. The van der Waals surface area contributed by atoms with Crippen LogP contribution in [0.15, 0.2) is 18.3 Å². The van der Waals surface area contributed by atoms with Gasteiger partial charge in [-0.1, -0.05) is 0 Å². The van der Waals surface area contributed by atoms with Gasteiger partial charge in [-0.05, 0) is 38.4 Å². The Labute approximate surface area is 161 Å². The van der Waals surface area contributed by atoms with Crippen molar-refractivity contribution >= 4 is 38.2 Å². The first-order valence-corrected chi connectivity index (χ1v) is 10.3. The van der Waals surface area contributed by atoms with Gasteiger partial charge in [0.2, 0.25) is 5.91 Å². The lowest BCUT2D eigenvalue weighted by Crippen LogP contribution is -2.48. The first kappa shape index (κ1) is 17.1. The molecular weight excluding hydrogens is 362 g/mol. The molecule has 3 atom stereocenters. The van der Waals surface area contributed by atoms with Crippen molar-refractivity contribution < 1.29 is 9.59 Å². The van der Waals surface area contributed by atoms with Gasteiger partial charge >= 0.3 is 0 Å². The molecule has 7 nitrogen and oxygen atoms in total. The number of pyridine rings is 1. The third kappa shape index (κ3) is 3.11. The average molecular weight is 385 g/mol. The number of carbonyl (C=O) groups excluding carboxylic acids is 2. The first-order chi connectivity index (χ1) is 13.1. The first-order valence-electron chi connectivity index (χ1n) is 9.52. The van der Waals surface area contributed by atoms with Crippen LogP contribution in [0.25, 0.3) is 10.1 Å². The van der Waals surface area contributed by atoms with Gasteiger partial charge in [0.25, 0.3) is 5.91 Å². The van der Waals surface area contributed by atoms with Crippen molar-refractivity contribution in [1.82, 2.24) is 20.5 Å². The number of hydrogen-bond donors (Lipinski definition) is 2. The molecule has 2 amide bonds. The predicted molar refractivity (Wildman–Crippen MR) is 105 cm³/mol. The van der Waals surface area contributed by atoms with Crippen molar-refractivity contribution in [3.63, 3.8) is 0 Å². The highest BCUT2D eigenvalue weighted by Gasteiger charge is 2.39. The molecule has 5 heterocycles. The van der Waals surface area contributed by atoms with Crippen LogP contribution in [0.1, 0.15) is 29.8 Å². The van der Waals surface area contributed by atoms with Crippen molar-refractivity contribution in [3.05, 3.63) is 24.0 Å². The molecule has 3 fully saturated rings. The van der Waals surface area contributed by atoms with Gasteiger partial charge in [0.15, 0.2) is 0 Å². The molecule has 0 radical (unpaired) electrons. The maximum atomic E-state index is 12.7. The van der Waals surface area contributed by atoms with E-state index in [1.54, 1.807) is 17.5 Å². The van der Waals surface area contributed by atoms with Crippen LogP contribution in [-0.4, -0.2) is 66.5 Å². The van der Waals surface area contributed by atoms with E-state index in [2.05, 4.69) is 15.6 Å². The summed E-state index contributed by atoms with van der Waals surface area (Å²) in [6.45, 7) is 2.00. The van der Waals surface area contributed by atoms with Gasteiger partial charge in [0.05, 0.1) is 11.5 Å². The summed E-state index contributed by atoms with van der Waals surface area (Å²) in [4.78, 5) is 33.2. The quantitative estimate of drug-likeness (QED) is 0.830. The van der Waals surface area contributed by atoms with Gasteiger partial charge in [0.1, 0.15) is 5.69 Å². The predicted octanol–water partition coefficient (Wildman–Crippen LogP) is 1.20. The van der Waals surface area contributed by atoms with Crippen LogP contribution in [0.5, 0.6) is 0 Å². The molecule has 3 saturated heterocycles. The minimum Gasteiger partial charge on any atom is -0.346 e. The number of carbonyl (C=O) groups is 2. The number of hydrogen-bond acceptors (Lipinski definition) is 6. The van der Waals surface area contributed by atoms with Crippen molar-refractivity contribution in [2.45, 2.75) is 37.4 Å². The molecule has 2 N–H and O–H groups in total. The highest BCUT2D eigenvalue weighted by atomic mass is 32.1. The van der Waals surface area contributed by atoms with E-state index in [0.717, 1.165) is 34.5 Å². The fourth-order valence-electron chi connectivity index (χ4n) is 4.43. The summed E-state index contributed by atoms with van der Waals surface area (Å²) >= 11 is 1.55. The summed E-state index contributed by atoms with van der Waals surface area (Å²) in [6, 6.07) is 5.00. The highest BCUT2D eigenvalue weighted by molar-refractivity contribution is 7.23. The van der Waals surface area contributed by atoms with Crippen LogP contribution in [0.3, 0.4) is 0 Å². The lowest BCUT2D eigenvalue weighted by Gasteiger charge is -2.30. The number of nitrogens with one attached hydrogen (secondary N) is 2. The highest BCUT2D eigenvalue weighted by Crippen LogP contribution is 2.33. The maximum Gasteiger partial charge on any atom is 0.270 e. The van der Waals surface area contributed by atoms with Crippen molar-refractivity contribution in [1.29, 1.82) is 0 Å². The Hall–Kier alpha value is -2.03. The van der Waals surface area contributed by atoms with E-state index < -0.39 is 0 Å². The Morgan fingerprint density at radius 3 is 2.96 bits per heavy atom. The Bertz CT molecular complexity index is 913. The number of thiophene rings is 1. The van der Waals surface area contributed by atoms with Crippen LogP contribution in [-0.2, 0) is 4.79 Å². The van der Waals surface area contributed by atoms with Crippen LogP contribution >= 0.6 is 11.3 Å². The monoisotopic (exact) mass is 385 g/mol. The molecule has 142 valence electrons. The van der Waals surface area contributed by atoms with Crippen LogP contribution < -0.4 is 15.5 Å². The summed E-state index contributed by atoms with van der Waals surface area (Å²) in [6.07, 6.45) is 5.09. The standard InChI is InChI=1S/C19H23N5O2S/c1-23-4-5-24(17(25)10-23)18-6-11-9-20-15(8-16(11)27-18)19(26)22-14-7-12-2-3-13(14)21-12/h6,8-9,12-14,21H,2-5,7,10H2,1H3,(H,22,26)/t12-,13+,14-/m1/s1. The zero-order valence-corrected chi connectivity index (χ0v) is 16.1. The summed E-state index contributed by atoms with van der Waals surface area (Å²) < 4.78 is 0.989. The Balaban J connectivity index is 1.34. The largest absolute Gasteiger partial charge is 0.346 e. The number of nitrogens with zero attached hydrogens (tertiary/aromatic N) is 3. The lowest BCUT2D eigenvalue weighted by molar-refractivity contribution is -0.120. The van der Waals surface area contributed by atoms with Crippen LogP contribution in [0.4, 0.5) is 5.00 Å². The molecule has 3 aliphatic rings. The summed E-state index contributed by atoms with van der Waals surface area (Å²) in [5.74, 6) is 0.00638. The molecule has 0 saturated carbocycles. The topological polar surface area (TPSA) is 77.6 Å². The number of rotatable bonds is 3. The maximum absolute atomic E-state index is 12.7. The molecule has 5 rings (SSSR count). The second kappa shape index (κ2) is 6.54. The Kier molecular flexibility index (Phi) is 4.14. The molecule has 0 aromatic carbocycles. The van der Waals surface area contributed by atoms with E-state index >= 15 is 0 Å². The van der Waals surface area contributed by atoms with Crippen molar-refractivity contribution in [2.24, 2.45) is 0 Å². The Morgan fingerprint density at radius 2 is 2.22 bits per heavy atom. The molecular formula is C19H23N5O2S. The molecule has 2 bridgehead atoms. The zero-order valence-electron chi connectivity index (χ0n) is 15.3. The molecule has 8 heteroatoms. The van der Waals surface area contributed by atoms with Crippen molar-refractivity contribution in [2.75, 3.05) is 31.6 Å². The summed E-state index contributed by atoms with van der Waals surface area (Å²) in [5, 5.41) is 8.58. The number of amides is 2. The van der Waals surface area contributed by atoms with Gasteiger partial charge in [0, 0.05) is 47.5 Å². The van der Waals surface area contributed by atoms with Crippen molar-refractivity contribution in [3.8, 4) is 0 Å². The van der Waals surface area contributed by atoms with Gasteiger partial charge in [-0.3, -0.25) is 19.5 Å². The average Bonchev–Trinajstić information content (AvgIpc) is 3.35. The summed E-state index contributed by atoms with van der Waals surface area (Å²) in [5.41, 5.74) is 0.448. The van der Waals surface area contributed by atoms with E-state index in [9.17, 15) is 9.59 Å². The minimum atomic E-state index is -0.109. The second-order valence-corrected chi connectivity index (χ2v) is 8.90. The van der Waals surface area contributed by atoms with Gasteiger partial charge in [-0.15, -0.1) is 11.3 Å². The SMILES string of the molecule is CN1CCN(c2cc3cnc(C(=O)N[C@@H]4C[C@H]5CC[C@@H]4N5)cc3s2)C(=O)C1. The van der Waals surface area contributed by atoms with E-state index in [0.29, 0.717) is 30.9 Å². The molecule has 0 aliphatic carbocycles. The molecule has 27 heavy (non-hydrogen) atoms. The minimum absolute atomic E-state index is 0.109. The van der Waals surface area contributed by atoms with E-state index in [1.807, 2.05) is 29.0 Å².